The summed E-state index contributed by atoms with van der Waals surface area (Å²) in [6, 6.07) is 12.2. The summed E-state index contributed by atoms with van der Waals surface area (Å²) in [4.78, 5) is 20.1. The zero-order chi connectivity index (χ0) is 19.1. The van der Waals surface area contributed by atoms with Crippen LogP contribution in [-0.2, 0) is 11.3 Å². The molecule has 3 aliphatic rings. The maximum atomic E-state index is 11.5. The molecule has 5 rings (SSSR count). The fourth-order valence-corrected chi connectivity index (χ4v) is 4.18. The van der Waals surface area contributed by atoms with Gasteiger partial charge in [-0.05, 0) is 28.8 Å². The first-order valence-electron chi connectivity index (χ1n) is 9.69. The smallest absolute Gasteiger partial charge is 0.257 e. The Hall–Kier alpha value is -3.02. The summed E-state index contributed by atoms with van der Waals surface area (Å²) >= 11 is 0. The van der Waals surface area contributed by atoms with Crippen molar-refractivity contribution in [3.63, 3.8) is 0 Å². The summed E-state index contributed by atoms with van der Waals surface area (Å²) in [5, 5.41) is 0. The molecule has 0 saturated carbocycles. The monoisotopic (exact) mass is 377 g/mol. The maximum Gasteiger partial charge on any atom is 0.257 e. The Balaban J connectivity index is 1.22. The van der Waals surface area contributed by atoms with Gasteiger partial charge >= 0.3 is 0 Å². The number of pyridine rings is 1. The van der Waals surface area contributed by atoms with Gasteiger partial charge < -0.3 is 19.3 Å². The third-order valence-corrected chi connectivity index (χ3v) is 5.70. The normalized spacial score (nSPS) is 22.8. The highest BCUT2D eigenvalue weighted by Gasteiger charge is 2.34. The van der Waals surface area contributed by atoms with E-state index in [1.807, 2.05) is 17.0 Å². The molecule has 1 aromatic heterocycles. The fraction of sp³-hybridized carbons (Fsp3) is 0.364. The van der Waals surface area contributed by atoms with Crippen LogP contribution in [0.1, 0.15) is 24.2 Å². The summed E-state index contributed by atoms with van der Waals surface area (Å²) < 4.78 is 11.7. The van der Waals surface area contributed by atoms with Gasteiger partial charge in [0.2, 0.25) is 5.91 Å². The van der Waals surface area contributed by atoms with Crippen molar-refractivity contribution in [3.05, 3.63) is 65.5 Å². The molecule has 28 heavy (non-hydrogen) atoms. The van der Waals surface area contributed by atoms with E-state index >= 15 is 0 Å². The second-order valence-corrected chi connectivity index (χ2v) is 7.70. The van der Waals surface area contributed by atoms with Crippen LogP contribution in [-0.4, -0.2) is 46.9 Å². The van der Waals surface area contributed by atoms with Crippen LogP contribution in [0.15, 0.2) is 54.4 Å². The van der Waals surface area contributed by atoms with Crippen LogP contribution in [0.3, 0.4) is 0 Å². The van der Waals surface area contributed by atoms with E-state index in [0.29, 0.717) is 24.2 Å². The highest BCUT2D eigenvalue weighted by molar-refractivity contribution is 5.74. The molecule has 0 aliphatic carbocycles. The van der Waals surface area contributed by atoms with Crippen molar-refractivity contribution in [3.8, 4) is 11.6 Å². The number of hydrogen-bond donors (Lipinski definition) is 0. The molecule has 6 nitrogen and oxygen atoms in total. The number of fused-ring (bicyclic) bond motifs is 2. The summed E-state index contributed by atoms with van der Waals surface area (Å²) in [6.07, 6.45) is 3.81. The van der Waals surface area contributed by atoms with Gasteiger partial charge in [0.05, 0.1) is 0 Å². The zero-order valence-electron chi connectivity index (χ0n) is 15.9. The van der Waals surface area contributed by atoms with Crippen LogP contribution in [0.4, 0.5) is 0 Å². The van der Waals surface area contributed by atoms with Crippen LogP contribution in [0, 0.1) is 5.92 Å². The van der Waals surface area contributed by atoms with Crippen molar-refractivity contribution < 1.29 is 14.3 Å². The number of rotatable bonds is 3. The Morgan fingerprint density at radius 3 is 2.86 bits per heavy atom. The highest BCUT2D eigenvalue weighted by Crippen LogP contribution is 2.34. The SMILES string of the molecule is CC(=O)N1CC2=CN(Cc3ccc(C4COc5cccnc5O4)cc3)CC2C1. The second-order valence-electron chi connectivity index (χ2n) is 7.70. The third-order valence-electron chi connectivity index (χ3n) is 5.70. The number of hydrogen-bond acceptors (Lipinski definition) is 5. The van der Waals surface area contributed by atoms with E-state index in [4.69, 9.17) is 9.47 Å². The molecule has 2 aromatic rings. The van der Waals surface area contributed by atoms with Crippen molar-refractivity contribution >= 4 is 5.91 Å². The number of carbonyl (C=O) groups excluding carboxylic acids is 1. The third kappa shape index (κ3) is 3.19. The topological polar surface area (TPSA) is 54.9 Å². The van der Waals surface area contributed by atoms with E-state index in [1.165, 1.54) is 11.1 Å². The van der Waals surface area contributed by atoms with Gasteiger partial charge in [0.25, 0.3) is 5.88 Å². The number of amides is 1. The number of nitrogens with zero attached hydrogens (tertiary/aromatic N) is 3. The zero-order valence-corrected chi connectivity index (χ0v) is 15.9. The lowest BCUT2D eigenvalue weighted by atomic mass is 10.1. The first-order valence-corrected chi connectivity index (χ1v) is 9.69. The summed E-state index contributed by atoms with van der Waals surface area (Å²) in [6.45, 7) is 5.64. The lowest BCUT2D eigenvalue weighted by Crippen LogP contribution is -2.29. The maximum absolute atomic E-state index is 11.5. The van der Waals surface area contributed by atoms with Crippen molar-refractivity contribution in [1.82, 2.24) is 14.8 Å². The van der Waals surface area contributed by atoms with Gasteiger partial charge in [0.1, 0.15) is 6.61 Å². The molecular weight excluding hydrogens is 354 g/mol. The van der Waals surface area contributed by atoms with Crippen molar-refractivity contribution in [2.24, 2.45) is 5.92 Å². The molecule has 1 fully saturated rings. The number of likely N-dealkylation sites (tertiary alicyclic amines) is 1. The predicted molar refractivity (Wildman–Crippen MR) is 104 cm³/mol. The number of aromatic nitrogens is 1. The van der Waals surface area contributed by atoms with E-state index in [1.54, 1.807) is 13.1 Å². The standard InChI is InChI=1S/C22H23N3O3/c1-15(26)25-12-18-10-24(11-19(18)13-25)9-16-4-6-17(7-5-16)21-14-27-20-3-2-8-23-22(20)28-21/h2-8,10,19,21H,9,11-14H2,1H3. The van der Waals surface area contributed by atoms with E-state index in [2.05, 4.69) is 40.3 Å². The van der Waals surface area contributed by atoms with Crippen LogP contribution in [0.25, 0.3) is 0 Å². The van der Waals surface area contributed by atoms with Crippen LogP contribution >= 0.6 is 0 Å². The van der Waals surface area contributed by atoms with Gasteiger partial charge in [-0.15, -0.1) is 0 Å². The Morgan fingerprint density at radius 2 is 2.07 bits per heavy atom. The lowest BCUT2D eigenvalue weighted by molar-refractivity contribution is -0.127. The highest BCUT2D eigenvalue weighted by atomic mass is 16.6. The number of carbonyl (C=O) groups is 1. The Labute approximate surface area is 164 Å². The number of benzene rings is 1. The summed E-state index contributed by atoms with van der Waals surface area (Å²) in [5.41, 5.74) is 3.73. The average molecular weight is 377 g/mol. The van der Waals surface area contributed by atoms with Crippen LogP contribution in [0.5, 0.6) is 11.6 Å². The first kappa shape index (κ1) is 17.1. The second kappa shape index (κ2) is 6.86. The largest absolute Gasteiger partial charge is 0.484 e. The molecule has 1 aromatic carbocycles. The quantitative estimate of drug-likeness (QED) is 0.823. The molecule has 0 bridgehead atoms. The van der Waals surface area contributed by atoms with Crippen molar-refractivity contribution in [1.29, 1.82) is 0 Å². The van der Waals surface area contributed by atoms with E-state index in [0.717, 1.165) is 31.7 Å². The van der Waals surface area contributed by atoms with Crippen LogP contribution in [0.2, 0.25) is 0 Å². The van der Waals surface area contributed by atoms with Gasteiger partial charge in [-0.1, -0.05) is 24.3 Å². The van der Waals surface area contributed by atoms with Gasteiger partial charge in [0, 0.05) is 51.4 Å². The minimum Gasteiger partial charge on any atom is -0.484 e. The van der Waals surface area contributed by atoms with E-state index < -0.39 is 0 Å². The van der Waals surface area contributed by atoms with E-state index in [9.17, 15) is 4.79 Å². The molecule has 1 amide bonds. The molecule has 0 radical (unpaired) electrons. The molecule has 4 heterocycles. The molecule has 0 spiro atoms. The van der Waals surface area contributed by atoms with E-state index in [-0.39, 0.29) is 12.0 Å². The summed E-state index contributed by atoms with van der Waals surface area (Å²) in [7, 11) is 0. The van der Waals surface area contributed by atoms with Gasteiger partial charge in [-0.3, -0.25) is 4.79 Å². The van der Waals surface area contributed by atoms with Gasteiger partial charge in [-0.2, -0.15) is 0 Å². The molecule has 0 N–H and O–H groups in total. The molecule has 6 heteroatoms. The molecule has 3 aliphatic heterocycles. The minimum absolute atomic E-state index is 0.137. The van der Waals surface area contributed by atoms with Gasteiger partial charge in [-0.25, -0.2) is 4.98 Å². The predicted octanol–water partition coefficient (Wildman–Crippen LogP) is 2.77. The lowest BCUT2D eigenvalue weighted by Gasteiger charge is -2.26. The van der Waals surface area contributed by atoms with Crippen molar-refractivity contribution in [2.75, 3.05) is 26.2 Å². The Morgan fingerprint density at radius 1 is 1.21 bits per heavy atom. The van der Waals surface area contributed by atoms with Crippen molar-refractivity contribution in [2.45, 2.75) is 19.6 Å². The van der Waals surface area contributed by atoms with Gasteiger partial charge in [0.15, 0.2) is 11.9 Å². The molecular formula is C22H23N3O3. The molecule has 1 saturated heterocycles. The first-order chi connectivity index (χ1) is 13.7. The fourth-order valence-electron chi connectivity index (χ4n) is 4.18. The Bertz CT molecular complexity index is 925. The number of ether oxygens (including phenoxy) is 2. The molecule has 144 valence electrons. The molecule has 2 unspecified atom stereocenters. The molecule has 2 atom stereocenters. The summed E-state index contributed by atoms with van der Waals surface area (Å²) in [5.74, 6) is 1.91. The Kier molecular flexibility index (Phi) is 4.19. The minimum atomic E-state index is -0.137. The average Bonchev–Trinajstić information content (AvgIpc) is 3.27. The van der Waals surface area contributed by atoms with Crippen LogP contribution < -0.4 is 9.47 Å².